The number of anilines is 1. The van der Waals surface area contributed by atoms with Gasteiger partial charge in [0.15, 0.2) is 5.65 Å². The lowest BCUT2D eigenvalue weighted by Gasteiger charge is -1.90. The molecule has 0 aliphatic heterocycles. The summed E-state index contributed by atoms with van der Waals surface area (Å²) in [4.78, 5) is 4.04. The van der Waals surface area contributed by atoms with Crippen molar-refractivity contribution in [3.05, 3.63) is 15.8 Å². The van der Waals surface area contributed by atoms with Crippen molar-refractivity contribution in [3.63, 3.8) is 0 Å². The third kappa shape index (κ3) is 0.953. The summed E-state index contributed by atoms with van der Waals surface area (Å²) < 4.78 is 1.07. The van der Waals surface area contributed by atoms with Crippen molar-refractivity contribution < 1.29 is 0 Å². The first kappa shape index (κ1) is 6.84. The van der Waals surface area contributed by atoms with Crippen LogP contribution in [-0.2, 0) is 0 Å². The summed E-state index contributed by atoms with van der Waals surface area (Å²) in [5.41, 5.74) is 6.29. The molecule has 0 atom stereocenters. The standard InChI is InChI=1S/C6H5IN4/c7-3-1-2-9-6-4(3)5(8)10-11-6/h1-2H,(H3,8,9,10,11). The SMILES string of the molecule is Nc1[nH]nc2nccc(I)c12. The highest BCUT2D eigenvalue weighted by molar-refractivity contribution is 14.1. The van der Waals surface area contributed by atoms with Crippen LogP contribution in [0.15, 0.2) is 12.3 Å². The summed E-state index contributed by atoms with van der Waals surface area (Å²) in [6, 6.07) is 1.90. The summed E-state index contributed by atoms with van der Waals surface area (Å²) in [6.45, 7) is 0. The number of nitrogen functional groups attached to an aromatic ring is 1. The fourth-order valence-corrected chi connectivity index (χ4v) is 1.62. The summed E-state index contributed by atoms with van der Waals surface area (Å²) in [7, 11) is 0. The first-order valence-corrected chi connectivity index (χ1v) is 4.11. The molecule has 3 N–H and O–H groups in total. The van der Waals surface area contributed by atoms with Gasteiger partial charge in [-0.05, 0) is 28.7 Å². The van der Waals surface area contributed by atoms with Crippen molar-refractivity contribution in [1.82, 2.24) is 15.2 Å². The van der Waals surface area contributed by atoms with E-state index in [1.165, 1.54) is 0 Å². The molecule has 2 rings (SSSR count). The second-order valence-corrected chi connectivity index (χ2v) is 3.29. The Bertz CT molecular complexity index is 394. The molecule has 2 aromatic rings. The van der Waals surface area contributed by atoms with Crippen LogP contribution >= 0.6 is 22.6 Å². The van der Waals surface area contributed by atoms with Gasteiger partial charge in [-0.1, -0.05) is 0 Å². The van der Waals surface area contributed by atoms with Gasteiger partial charge in [-0.3, -0.25) is 5.10 Å². The van der Waals surface area contributed by atoms with Crippen molar-refractivity contribution in [3.8, 4) is 0 Å². The zero-order chi connectivity index (χ0) is 7.84. The number of halogens is 1. The van der Waals surface area contributed by atoms with E-state index in [2.05, 4.69) is 37.8 Å². The minimum absolute atomic E-state index is 0.581. The molecule has 0 spiro atoms. The molecule has 0 aromatic carbocycles. The van der Waals surface area contributed by atoms with Gasteiger partial charge in [-0.15, -0.1) is 0 Å². The van der Waals surface area contributed by atoms with E-state index in [-0.39, 0.29) is 0 Å². The average Bonchev–Trinajstić information content (AvgIpc) is 2.34. The zero-order valence-corrected chi connectivity index (χ0v) is 7.66. The van der Waals surface area contributed by atoms with Crippen molar-refractivity contribution in [1.29, 1.82) is 0 Å². The van der Waals surface area contributed by atoms with Crippen LogP contribution in [0.4, 0.5) is 5.82 Å². The number of nitrogens with two attached hydrogens (primary N) is 1. The number of hydrogen-bond acceptors (Lipinski definition) is 3. The maximum atomic E-state index is 5.61. The lowest BCUT2D eigenvalue weighted by molar-refractivity contribution is 1.10. The lowest BCUT2D eigenvalue weighted by atomic mass is 10.3. The summed E-state index contributed by atoms with van der Waals surface area (Å²) in [5, 5.41) is 7.50. The van der Waals surface area contributed by atoms with E-state index in [1.54, 1.807) is 6.20 Å². The number of fused-ring (bicyclic) bond motifs is 1. The maximum absolute atomic E-state index is 5.61. The van der Waals surface area contributed by atoms with Gasteiger partial charge in [-0.2, -0.15) is 5.10 Å². The Morgan fingerprint density at radius 3 is 3.09 bits per heavy atom. The number of pyridine rings is 1. The van der Waals surface area contributed by atoms with Gasteiger partial charge in [0.05, 0.1) is 5.39 Å². The minimum Gasteiger partial charge on any atom is -0.383 e. The molecule has 2 heterocycles. The molecule has 0 amide bonds. The first-order chi connectivity index (χ1) is 5.29. The van der Waals surface area contributed by atoms with Gasteiger partial charge in [0.25, 0.3) is 0 Å². The lowest BCUT2D eigenvalue weighted by Crippen LogP contribution is -1.85. The van der Waals surface area contributed by atoms with Crippen LogP contribution in [0.2, 0.25) is 0 Å². The quantitative estimate of drug-likeness (QED) is 0.698. The first-order valence-electron chi connectivity index (χ1n) is 3.03. The molecule has 2 aromatic heterocycles. The predicted octanol–water partition coefficient (Wildman–Crippen LogP) is 1.14. The normalized spacial score (nSPS) is 10.6. The number of aromatic amines is 1. The molecule has 4 nitrogen and oxygen atoms in total. The molecule has 0 aliphatic carbocycles. The van der Waals surface area contributed by atoms with Gasteiger partial charge >= 0.3 is 0 Å². The van der Waals surface area contributed by atoms with E-state index in [0.717, 1.165) is 8.96 Å². The Kier molecular flexibility index (Phi) is 1.45. The molecule has 0 unspecified atom stereocenters. The monoisotopic (exact) mass is 260 g/mol. The number of nitrogens with zero attached hydrogens (tertiary/aromatic N) is 2. The van der Waals surface area contributed by atoms with Gasteiger partial charge < -0.3 is 5.73 Å². The van der Waals surface area contributed by atoms with Gasteiger partial charge in [-0.25, -0.2) is 4.98 Å². The Balaban J connectivity index is 2.96. The highest BCUT2D eigenvalue weighted by Gasteiger charge is 2.05. The Morgan fingerprint density at radius 1 is 1.55 bits per heavy atom. The predicted molar refractivity (Wildman–Crippen MR) is 51.0 cm³/mol. The number of aromatic nitrogens is 3. The average molecular weight is 260 g/mol. The van der Waals surface area contributed by atoms with Crippen LogP contribution in [0.25, 0.3) is 11.0 Å². The van der Waals surface area contributed by atoms with Crippen molar-refractivity contribution >= 4 is 39.4 Å². The number of rotatable bonds is 0. The van der Waals surface area contributed by atoms with E-state index in [9.17, 15) is 0 Å². The van der Waals surface area contributed by atoms with Crippen LogP contribution < -0.4 is 5.73 Å². The Labute approximate surface area is 76.3 Å². The second-order valence-electron chi connectivity index (χ2n) is 2.13. The summed E-state index contributed by atoms with van der Waals surface area (Å²) in [5.74, 6) is 0.581. The molecule has 0 radical (unpaired) electrons. The second kappa shape index (κ2) is 2.33. The Morgan fingerprint density at radius 2 is 2.36 bits per heavy atom. The fourth-order valence-electron chi connectivity index (χ4n) is 0.931. The van der Waals surface area contributed by atoms with Gasteiger partial charge in [0, 0.05) is 9.77 Å². The number of hydrogen-bond donors (Lipinski definition) is 2. The molecule has 5 heteroatoms. The zero-order valence-electron chi connectivity index (χ0n) is 5.50. The molecule has 0 bridgehead atoms. The molecular formula is C6H5IN4. The molecule has 56 valence electrons. The van der Waals surface area contributed by atoms with Crippen LogP contribution in [-0.4, -0.2) is 15.2 Å². The van der Waals surface area contributed by atoms with Crippen LogP contribution in [0.1, 0.15) is 0 Å². The molecule has 0 saturated heterocycles. The van der Waals surface area contributed by atoms with E-state index < -0.39 is 0 Å². The van der Waals surface area contributed by atoms with E-state index in [4.69, 9.17) is 5.73 Å². The molecule has 0 saturated carbocycles. The maximum Gasteiger partial charge on any atom is 0.184 e. The van der Waals surface area contributed by atoms with Crippen LogP contribution in [0.3, 0.4) is 0 Å². The fraction of sp³-hybridized carbons (Fsp3) is 0. The molecule has 0 fully saturated rings. The summed E-state index contributed by atoms with van der Waals surface area (Å²) in [6.07, 6.45) is 1.71. The third-order valence-electron chi connectivity index (χ3n) is 1.43. The Hall–Kier alpha value is -0.850. The third-order valence-corrected chi connectivity index (χ3v) is 2.33. The van der Waals surface area contributed by atoms with Gasteiger partial charge in [0.1, 0.15) is 5.82 Å². The van der Waals surface area contributed by atoms with E-state index in [1.807, 2.05) is 6.07 Å². The van der Waals surface area contributed by atoms with E-state index in [0.29, 0.717) is 11.5 Å². The number of H-pyrrole nitrogens is 1. The smallest absolute Gasteiger partial charge is 0.184 e. The largest absolute Gasteiger partial charge is 0.383 e. The topological polar surface area (TPSA) is 67.6 Å². The van der Waals surface area contributed by atoms with Gasteiger partial charge in [0.2, 0.25) is 0 Å². The molecule has 0 aliphatic rings. The van der Waals surface area contributed by atoms with Crippen LogP contribution in [0, 0.1) is 3.57 Å². The number of nitrogens with one attached hydrogen (secondary N) is 1. The van der Waals surface area contributed by atoms with Crippen LogP contribution in [0.5, 0.6) is 0 Å². The van der Waals surface area contributed by atoms with Crippen molar-refractivity contribution in [2.75, 3.05) is 5.73 Å². The minimum atomic E-state index is 0.581. The summed E-state index contributed by atoms with van der Waals surface area (Å²) >= 11 is 2.20. The highest BCUT2D eigenvalue weighted by Crippen LogP contribution is 2.21. The highest BCUT2D eigenvalue weighted by atomic mass is 127. The van der Waals surface area contributed by atoms with Crippen molar-refractivity contribution in [2.24, 2.45) is 0 Å². The molecule has 11 heavy (non-hydrogen) atoms. The van der Waals surface area contributed by atoms with E-state index >= 15 is 0 Å². The molecular weight excluding hydrogens is 255 g/mol. The van der Waals surface area contributed by atoms with Crippen molar-refractivity contribution in [2.45, 2.75) is 0 Å².